The van der Waals surface area contributed by atoms with Crippen LogP contribution in [-0.4, -0.2) is 17.0 Å². The number of hydrogen-bond acceptors (Lipinski definition) is 3. The third-order valence-corrected chi connectivity index (χ3v) is 4.33. The largest absolute Gasteiger partial charge is 0.481 e. The van der Waals surface area contributed by atoms with E-state index in [0.717, 1.165) is 16.7 Å². The zero-order chi connectivity index (χ0) is 16.2. The third kappa shape index (κ3) is 3.42. The molecule has 4 nitrogen and oxygen atoms in total. The van der Waals surface area contributed by atoms with Gasteiger partial charge in [-0.05, 0) is 29.5 Å². The summed E-state index contributed by atoms with van der Waals surface area (Å²) in [5.74, 6) is -2.74. The van der Waals surface area contributed by atoms with Crippen molar-refractivity contribution in [1.82, 2.24) is 0 Å². The summed E-state index contributed by atoms with van der Waals surface area (Å²) in [6, 6.07) is 17.1. The second-order valence-electron chi connectivity index (χ2n) is 5.82. The van der Waals surface area contributed by atoms with Gasteiger partial charge in [0.25, 0.3) is 0 Å². The van der Waals surface area contributed by atoms with Crippen LogP contribution in [0.15, 0.2) is 54.6 Å². The summed E-state index contributed by atoms with van der Waals surface area (Å²) in [6.07, 6.45) is 0.789. The van der Waals surface area contributed by atoms with Gasteiger partial charge in [-0.1, -0.05) is 54.6 Å². The molecule has 0 radical (unpaired) electrons. The number of carboxylic acid groups (broad SMARTS) is 1. The van der Waals surface area contributed by atoms with Gasteiger partial charge in [0.05, 0.1) is 11.8 Å². The van der Waals surface area contributed by atoms with E-state index >= 15 is 0 Å². The molecule has 118 valence electrons. The van der Waals surface area contributed by atoms with Crippen LogP contribution in [0.4, 0.5) is 0 Å². The van der Waals surface area contributed by atoms with Gasteiger partial charge >= 0.3 is 11.9 Å². The van der Waals surface area contributed by atoms with Gasteiger partial charge in [-0.15, -0.1) is 0 Å². The fraction of sp³-hybridized carbons (Fsp3) is 0.263. The number of carbonyl (C=O) groups excluding carboxylic acids is 1. The van der Waals surface area contributed by atoms with E-state index in [1.54, 1.807) is 0 Å². The molecule has 1 aliphatic carbocycles. The molecule has 2 aromatic rings. The van der Waals surface area contributed by atoms with Crippen molar-refractivity contribution in [2.75, 3.05) is 0 Å². The standard InChI is InChI=1S/C19H18O4/c20-18(21)16-10-14-8-4-5-9-15(14)11-17(16)19(22)23-12-13-6-2-1-3-7-13/h1-9,16-17H,10-12H2,(H,20,21)/t16-,17-/m0/s1. The topological polar surface area (TPSA) is 63.6 Å². The van der Waals surface area contributed by atoms with E-state index in [0.29, 0.717) is 12.8 Å². The van der Waals surface area contributed by atoms with Crippen LogP contribution in [0.1, 0.15) is 16.7 Å². The van der Waals surface area contributed by atoms with E-state index < -0.39 is 23.8 Å². The van der Waals surface area contributed by atoms with Crippen molar-refractivity contribution in [3.8, 4) is 0 Å². The highest BCUT2D eigenvalue weighted by atomic mass is 16.5. The molecular formula is C19H18O4. The van der Waals surface area contributed by atoms with Crippen LogP contribution in [0.5, 0.6) is 0 Å². The van der Waals surface area contributed by atoms with E-state index in [-0.39, 0.29) is 6.61 Å². The lowest BCUT2D eigenvalue weighted by Crippen LogP contribution is -2.37. The van der Waals surface area contributed by atoms with Crippen LogP contribution in [-0.2, 0) is 33.8 Å². The Bertz CT molecular complexity index is 708. The fourth-order valence-electron chi connectivity index (χ4n) is 3.06. The summed E-state index contributed by atoms with van der Waals surface area (Å²) in [6.45, 7) is 0.171. The Morgan fingerprint density at radius 3 is 2.09 bits per heavy atom. The smallest absolute Gasteiger partial charge is 0.310 e. The summed E-state index contributed by atoms with van der Waals surface area (Å²) < 4.78 is 5.36. The quantitative estimate of drug-likeness (QED) is 0.882. The van der Waals surface area contributed by atoms with Crippen LogP contribution in [0, 0.1) is 11.8 Å². The molecule has 3 rings (SSSR count). The Labute approximate surface area is 134 Å². The van der Waals surface area contributed by atoms with Crippen molar-refractivity contribution < 1.29 is 19.4 Å². The molecule has 0 spiro atoms. The molecule has 0 bridgehead atoms. The number of benzene rings is 2. The second-order valence-corrected chi connectivity index (χ2v) is 5.82. The average molecular weight is 310 g/mol. The van der Waals surface area contributed by atoms with Gasteiger partial charge in [0.15, 0.2) is 0 Å². The summed E-state index contributed by atoms with van der Waals surface area (Å²) >= 11 is 0. The molecular weight excluding hydrogens is 292 g/mol. The lowest BCUT2D eigenvalue weighted by molar-refractivity contribution is -0.159. The molecule has 1 N–H and O–H groups in total. The van der Waals surface area contributed by atoms with Crippen LogP contribution in [0.25, 0.3) is 0 Å². The van der Waals surface area contributed by atoms with Crippen molar-refractivity contribution in [2.24, 2.45) is 11.8 Å². The average Bonchev–Trinajstić information content (AvgIpc) is 2.59. The number of fused-ring (bicyclic) bond motifs is 1. The van der Waals surface area contributed by atoms with Crippen LogP contribution in [0.3, 0.4) is 0 Å². The van der Waals surface area contributed by atoms with Gasteiger partial charge in [-0.25, -0.2) is 0 Å². The normalized spacial score (nSPS) is 19.7. The SMILES string of the molecule is O=C(O)[C@H]1Cc2ccccc2C[C@@H]1C(=O)OCc1ccccc1. The van der Waals surface area contributed by atoms with Gasteiger partial charge < -0.3 is 9.84 Å². The highest BCUT2D eigenvalue weighted by Gasteiger charge is 2.38. The summed E-state index contributed by atoms with van der Waals surface area (Å²) in [7, 11) is 0. The van der Waals surface area contributed by atoms with Gasteiger partial charge in [-0.3, -0.25) is 9.59 Å². The van der Waals surface area contributed by atoms with Gasteiger partial charge in [0.1, 0.15) is 6.61 Å². The molecule has 2 aromatic carbocycles. The Balaban J connectivity index is 1.74. The molecule has 0 unspecified atom stereocenters. The number of hydrogen-bond donors (Lipinski definition) is 1. The van der Waals surface area contributed by atoms with Gasteiger partial charge in [0, 0.05) is 0 Å². The van der Waals surface area contributed by atoms with Crippen LogP contribution < -0.4 is 0 Å². The first kappa shape index (κ1) is 15.3. The molecule has 23 heavy (non-hydrogen) atoms. The van der Waals surface area contributed by atoms with E-state index in [2.05, 4.69) is 0 Å². The first-order chi connectivity index (χ1) is 11.1. The van der Waals surface area contributed by atoms with Crippen molar-refractivity contribution in [3.63, 3.8) is 0 Å². The zero-order valence-electron chi connectivity index (χ0n) is 12.6. The summed E-state index contributed by atoms with van der Waals surface area (Å²) in [5, 5.41) is 9.46. The third-order valence-electron chi connectivity index (χ3n) is 4.33. The van der Waals surface area contributed by atoms with Crippen molar-refractivity contribution in [1.29, 1.82) is 0 Å². The Morgan fingerprint density at radius 1 is 0.913 bits per heavy atom. The number of ether oxygens (including phenoxy) is 1. The maximum Gasteiger partial charge on any atom is 0.310 e. The number of carboxylic acids is 1. The lowest BCUT2D eigenvalue weighted by atomic mass is 9.76. The molecule has 0 fully saturated rings. The molecule has 0 heterocycles. The lowest BCUT2D eigenvalue weighted by Gasteiger charge is -2.28. The molecule has 0 saturated heterocycles. The monoisotopic (exact) mass is 310 g/mol. The Hall–Kier alpha value is -2.62. The van der Waals surface area contributed by atoms with E-state index in [1.807, 2.05) is 54.6 Å². The van der Waals surface area contributed by atoms with Crippen LogP contribution in [0.2, 0.25) is 0 Å². The number of rotatable bonds is 4. The Morgan fingerprint density at radius 2 is 1.48 bits per heavy atom. The number of esters is 1. The molecule has 1 aliphatic rings. The first-order valence-electron chi connectivity index (χ1n) is 7.65. The maximum absolute atomic E-state index is 12.4. The minimum absolute atomic E-state index is 0.171. The summed E-state index contributed by atoms with van der Waals surface area (Å²) in [4.78, 5) is 24.0. The van der Waals surface area contributed by atoms with Gasteiger partial charge in [0.2, 0.25) is 0 Å². The number of carbonyl (C=O) groups is 2. The zero-order valence-corrected chi connectivity index (χ0v) is 12.6. The van der Waals surface area contributed by atoms with Crippen molar-refractivity contribution >= 4 is 11.9 Å². The van der Waals surface area contributed by atoms with Crippen molar-refractivity contribution in [3.05, 3.63) is 71.3 Å². The van der Waals surface area contributed by atoms with Crippen LogP contribution >= 0.6 is 0 Å². The first-order valence-corrected chi connectivity index (χ1v) is 7.65. The van der Waals surface area contributed by atoms with E-state index in [9.17, 15) is 14.7 Å². The van der Waals surface area contributed by atoms with Gasteiger partial charge in [-0.2, -0.15) is 0 Å². The summed E-state index contributed by atoms with van der Waals surface area (Å²) in [5.41, 5.74) is 2.93. The minimum Gasteiger partial charge on any atom is -0.481 e. The predicted molar refractivity (Wildman–Crippen MR) is 84.7 cm³/mol. The minimum atomic E-state index is -0.943. The molecule has 0 amide bonds. The molecule has 0 saturated carbocycles. The molecule has 0 aliphatic heterocycles. The highest BCUT2D eigenvalue weighted by Crippen LogP contribution is 2.31. The number of aliphatic carboxylic acids is 1. The highest BCUT2D eigenvalue weighted by molar-refractivity contribution is 5.82. The Kier molecular flexibility index (Phi) is 4.42. The van der Waals surface area contributed by atoms with Crippen molar-refractivity contribution in [2.45, 2.75) is 19.4 Å². The maximum atomic E-state index is 12.4. The second kappa shape index (κ2) is 6.65. The molecule has 2 atom stereocenters. The van der Waals surface area contributed by atoms with E-state index in [4.69, 9.17) is 4.74 Å². The fourth-order valence-corrected chi connectivity index (χ4v) is 3.06. The van der Waals surface area contributed by atoms with E-state index in [1.165, 1.54) is 0 Å². The molecule has 0 aromatic heterocycles. The predicted octanol–water partition coefficient (Wildman–Crippen LogP) is 2.85. The molecule has 4 heteroatoms.